The number of ether oxygens (including phenoxy) is 1. The molecular weight excluding hydrogens is 546 g/mol. The van der Waals surface area contributed by atoms with Crippen LogP contribution in [0.25, 0.3) is 22.4 Å². The van der Waals surface area contributed by atoms with Gasteiger partial charge < -0.3 is 20.1 Å². The van der Waals surface area contributed by atoms with Gasteiger partial charge in [-0.25, -0.2) is 9.78 Å². The molecule has 10 nitrogen and oxygen atoms in total. The number of methoxy groups -OCH3 is 1. The Kier molecular flexibility index (Phi) is 9.27. The van der Waals surface area contributed by atoms with Crippen molar-refractivity contribution >= 4 is 35.1 Å². The number of aliphatic hydroxyl groups excluding tert-OH is 1. The first-order chi connectivity index (χ1) is 19.6. The van der Waals surface area contributed by atoms with Crippen molar-refractivity contribution in [3.05, 3.63) is 64.7 Å². The van der Waals surface area contributed by atoms with Crippen molar-refractivity contribution in [2.75, 3.05) is 53.3 Å². The van der Waals surface area contributed by atoms with Crippen LogP contribution in [0.3, 0.4) is 0 Å². The highest BCUT2D eigenvalue weighted by molar-refractivity contribution is 6.36. The van der Waals surface area contributed by atoms with Crippen LogP contribution < -0.4 is 10.1 Å². The third kappa shape index (κ3) is 6.19. The van der Waals surface area contributed by atoms with Gasteiger partial charge in [-0.1, -0.05) is 48.0 Å². The number of hydrogen-bond acceptors (Lipinski definition) is 7. The fraction of sp³-hybridized carbons (Fsp3) is 0.333. The number of rotatable bonds is 9. The van der Waals surface area contributed by atoms with Crippen molar-refractivity contribution in [2.24, 2.45) is 5.92 Å². The quantitative estimate of drug-likeness (QED) is 0.370. The van der Waals surface area contributed by atoms with Crippen LogP contribution >= 0.6 is 11.6 Å². The number of halogens is 1. The minimum absolute atomic E-state index is 0.00737. The SMILES string of the molecule is COc1nc(-c2cccc(-c3cccc(NC(=O)C4CN(C)C(=O)N(C)C4=O)c3C)c2Cl)ccc1CN(C)CCO. The zero-order valence-electron chi connectivity index (χ0n) is 23.8. The van der Waals surface area contributed by atoms with E-state index in [1.165, 1.54) is 11.9 Å². The van der Waals surface area contributed by atoms with Gasteiger partial charge in [-0.05, 0) is 37.2 Å². The molecule has 4 amide bonds. The summed E-state index contributed by atoms with van der Waals surface area (Å²) in [6.07, 6.45) is 0. The smallest absolute Gasteiger partial charge is 0.326 e. The second-order valence-corrected chi connectivity index (χ2v) is 10.5. The number of carbonyl (C=O) groups is 3. The Balaban J connectivity index is 1.63. The number of anilines is 1. The van der Waals surface area contributed by atoms with E-state index >= 15 is 0 Å². The van der Waals surface area contributed by atoms with Gasteiger partial charge >= 0.3 is 6.03 Å². The van der Waals surface area contributed by atoms with Gasteiger partial charge in [-0.15, -0.1) is 0 Å². The number of urea groups is 1. The predicted molar refractivity (Wildman–Crippen MR) is 158 cm³/mol. The van der Waals surface area contributed by atoms with Crippen molar-refractivity contribution < 1.29 is 24.2 Å². The molecule has 1 unspecified atom stereocenters. The molecule has 4 rings (SSSR count). The number of hydrogen-bond donors (Lipinski definition) is 2. The van der Waals surface area contributed by atoms with E-state index in [1.54, 1.807) is 20.2 Å². The summed E-state index contributed by atoms with van der Waals surface area (Å²) in [7, 11) is 6.40. The third-order valence-electron chi connectivity index (χ3n) is 7.23. The molecule has 1 fully saturated rings. The lowest BCUT2D eigenvalue weighted by Crippen LogP contribution is -2.56. The fourth-order valence-electron chi connectivity index (χ4n) is 4.89. The average Bonchev–Trinajstić information content (AvgIpc) is 2.95. The zero-order valence-corrected chi connectivity index (χ0v) is 24.5. The first-order valence-corrected chi connectivity index (χ1v) is 13.5. The summed E-state index contributed by atoms with van der Waals surface area (Å²) in [5.74, 6) is -1.55. The van der Waals surface area contributed by atoms with Gasteiger partial charge in [0.2, 0.25) is 17.7 Å². The summed E-state index contributed by atoms with van der Waals surface area (Å²) in [6.45, 7) is 3.04. The molecular formula is C30H34ClN5O5. The summed E-state index contributed by atoms with van der Waals surface area (Å²) in [6, 6.07) is 14.5. The van der Waals surface area contributed by atoms with E-state index < -0.39 is 23.8 Å². The lowest BCUT2D eigenvalue weighted by molar-refractivity contribution is -0.140. The van der Waals surface area contributed by atoms with Gasteiger partial charge in [0.1, 0.15) is 5.92 Å². The Morgan fingerprint density at radius 3 is 2.51 bits per heavy atom. The van der Waals surface area contributed by atoms with Crippen LogP contribution in [0.5, 0.6) is 5.88 Å². The first kappa shape index (κ1) is 30.0. The van der Waals surface area contributed by atoms with Crippen molar-refractivity contribution in [1.29, 1.82) is 0 Å². The molecule has 1 aliphatic heterocycles. The van der Waals surface area contributed by atoms with Gasteiger partial charge in [0.25, 0.3) is 0 Å². The van der Waals surface area contributed by atoms with Crippen LogP contribution in [0.1, 0.15) is 11.1 Å². The topological polar surface area (TPSA) is 115 Å². The Hall–Kier alpha value is -3.99. The standard InChI is InChI=1S/C30H34ClN5O5/c1-18-20(8-7-11-24(18)32-27(38)23-17-35(3)30(40)36(4)29(23)39)21-9-6-10-22(26(21)31)25-13-12-19(28(33-25)41-5)16-34(2)14-15-37/h6-13,23,37H,14-17H2,1-5H3,(H,32,38). The number of amides is 4. The van der Waals surface area contributed by atoms with E-state index in [1.807, 2.05) is 61.3 Å². The van der Waals surface area contributed by atoms with Crippen molar-refractivity contribution in [2.45, 2.75) is 13.5 Å². The largest absolute Gasteiger partial charge is 0.481 e. The predicted octanol–water partition coefficient (Wildman–Crippen LogP) is 3.89. The number of nitrogens with zero attached hydrogens (tertiary/aromatic N) is 4. The molecule has 0 spiro atoms. The molecule has 0 bridgehead atoms. The summed E-state index contributed by atoms with van der Waals surface area (Å²) < 4.78 is 5.56. The molecule has 1 aromatic heterocycles. The highest BCUT2D eigenvalue weighted by Crippen LogP contribution is 2.39. The third-order valence-corrected chi connectivity index (χ3v) is 7.63. The maximum atomic E-state index is 13.1. The number of likely N-dealkylation sites (N-methyl/N-ethyl adjacent to an activating group) is 1. The number of imide groups is 1. The summed E-state index contributed by atoms with van der Waals surface area (Å²) in [5, 5.41) is 12.6. The zero-order chi connectivity index (χ0) is 29.8. The van der Waals surface area contributed by atoms with E-state index in [9.17, 15) is 19.5 Å². The molecule has 2 N–H and O–H groups in total. The lowest BCUT2D eigenvalue weighted by Gasteiger charge is -2.33. The van der Waals surface area contributed by atoms with E-state index in [4.69, 9.17) is 21.3 Å². The number of carbonyl (C=O) groups excluding carboxylic acids is 3. The first-order valence-electron chi connectivity index (χ1n) is 13.1. The molecule has 3 aromatic rings. The Bertz CT molecular complexity index is 1480. The molecule has 0 radical (unpaired) electrons. The molecule has 0 saturated carbocycles. The summed E-state index contributed by atoms with van der Waals surface area (Å²) in [5.41, 5.74) is 5.12. The van der Waals surface area contributed by atoms with Crippen LogP contribution in [0.2, 0.25) is 5.02 Å². The number of aliphatic hydroxyl groups is 1. The number of nitrogens with one attached hydrogen (secondary N) is 1. The summed E-state index contributed by atoms with van der Waals surface area (Å²) >= 11 is 6.96. The van der Waals surface area contributed by atoms with Crippen LogP contribution in [-0.2, 0) is 16.1 Å². The van der Waals surface area contributed by atoms with Crippen LogP contribution in [0, 0.1) is 12.8 Å². The van der Waals surface area contributed by atoms with Gasteiger partial charge in [0.05, 0.1) is 24.4 Å². The Morgan fingerprint density at radius 2 is 1.80 bits per heavy atom. The number of aromatic nitrogens is 1. The van der Waals surface area contributed by atoms with E-state index in [2.05, 4.69) is 5.32 Å². The molecule has 1 saturated heterocycles. The minimum Gasteiger partial charge on any atom is -0.481 e. The van der Waals surface area contributed by atoms with Gasteiger partial charge in [-0.3, -0.25) is 19.4 Å². The van der Waals surface area contributed by atoms with Crippen molar-refractivity contribution in [3.63, 3.8) is 0 Å². The van der Waals surface area contributed by atoms with E-state index in [0.29, 0.717) is 35.4 Å². The second-order valence-electron chi connectivity index (χ2n) is 10.1. The van der Waals surface area contributed by atoms with Gasteiger partial charge in [-0.2, -0.15) is 0 Å². The number of benzene rings is 2. The maximum Gasteiger partial charge on any atom is 0.326 e. The molecule has 2 heterocycles. The maximum absolute atomic E-state index is 13.1. The van der Waals surface area contributed by atoms with Crippen molar-refractivity contribution in [1.82, 2.24) is 19.7 Å². The van der Waals surface area contributed by atoms with E-state index in [-0.39, 0.29) is 13.2 Å². The van der Waals surface area contributed by atoms with Crippen LogP contribution in [0.15, 0.2) is 48.5 Å². The number of pyridine rings is 1. The monoisotopic (exact) mass is 579 g/mol. The highest BCUT2D eigenvalue weighted by Gasteiger charge is 2.39. The van der Waals surface area contributed by atoms with E-state index in [0.717, 1.165) is 32.7 Å². The average molecular weight is 580 g/mol. The van der Waals surface area contributed by atoms with Crippen LogP contribution in [0.4, 0.5) is 10.5 Å². The van der Waals surface area contributed by atoms with Crippen molar-refractivity contribution in [3.8, 4) is 28.3 Å². The molecule has 41 heavy (non-hydrogen) atoms. The summed E-state index contributed by atoms with van der Waals surface area (Å²) in [4.78, 5) is 46.8. The highest BCUT2D eigenvalue weighted by atomic mass is 35.5. The van der Waals surface area contributed by atoms with Crippen LogP contribution in [-0.4, -0.2) is 90.6 Å². The molecule has 2 aromatic carbocycles. The Labute approximate surface area is 244 Å². The van der Waals surface area contributed by atoms with Gasteiger partial charge in [0.15, 0.2) is 0 Å². The molecule has 216 valence electrons. The minimum atomic E-state index is -1.01. The normalized spacial score (nSPS) is 15.5. The molecule has 11 heteroatoms. The van der Waals surface area contributed by atoms with Gasteiger partial charge in [0, 0.05) is 56.1 Å². The lowest BCUT2D eigenvalue weighted by atomic mass is 9.96. The second kappa shape index (κ2) is 12.7. The Morgan fingerprint density at radius 1 is 1.12 bits per heavy atom. The fourth-order valence-corrected chi connectivity index (χ4v) is 5.21. The molecule has 1 aliphatic rings. The molecule has 0 aliphatic carbocycles. The molecule has 1 atom stereocenters.